The van der Waals surface area contributed by atoms with E-state index in [0.717, 1.165) is 0 Å². The molecule has 0 heterocycles. The lowest BCUT2D eigenvalue weighted by atomic mass is 10.0. The fraction of sp³-hybridized carbons (Fsp3) is 0.414. The third-order valence-electron chi connectivity index (χ3n) is 6.34. The van der Waals surface area contributed by atoms with E-state index in [0.29, 0.717) is 17.5 Å². The Hall–Kier alpha value is -4.65. The predicted octanol–water partition coefficient (Wildman–Crippen LogP) is 0.660. The molecule has 2 aromatic carbocycles. The minimum atomic E-state index is -1.53. The molecule has 9 N–H and O–H groups in total. The van der Waals surface area contributed by atoms with E-state index in [1.807, 2.05) is 13.8 Å². The van der Waals surface area contributed by atoms with Gasteiger partial charge in [0.05, 0.1) is 6.04 Å². The van der Waals surface area contributed by atoms with Crippen LogP contribution in [0.5, 0.6) is 11.5 Å². The molecule has 0 aliphatic rings. The molecule has 228 valence electrons. The molecule has 0 fully saturated rings. The molecule has 13 heteroatoms. The first-order valence-electron chi connectivity index (χ1n) is 13.4. The van der Waals surface area contributed by atoms with Crippen LogP contribution in [0.2, 0.25) is 0 Å². The van der Waals surface area contributed by atoms with Crippen molar-refractivity contribution in [3.63, 3.8) is 0 Å². The normalized spacial score (nSPS) is 13.8. The maximum Gasteiger partial charge on any atom is 0.326 e. The number of carbonyl (C=O) groups is 5. The SMILES string of the molecule is CC(C)CC(N)C(=O)NC(Cc1ccc(O)cc1)C(=O)NC(Cc1ccc(O)cc1)C(=O)NC(CCC(=O)O)C(=O)O. The second-order valence-corrected chi connectivity index (χ2v) is 10.4. The molecule has 4 atom stereocenters. The van der Waals surface area contributed by atoms with Crippen LogP contribution < -0.4 is 21.7 Å². The van der Waals surface area contributed by atoms with Crippen LogP contribution >= 0.6 is 0 Å². The second kappa shape index (κ2) is 16.0. The molecule has 3 amide bonds. The van der Waals surface area contributed by atoms with E-state index in [9.17, 15) is 39.3 Å². The molecule has 0 saturated heterocycles. The van der Waals surface area contributed by atoms with Crippen molar-refractivity contribution in [3.8, 4) is 11.5 Å². The zero-order valence-corrected chi connectivity index (χ0v) is 23.4. The van der Waals surface area contributed by atoms with E-state index in [4.69, 9.17) is 10.8 Å². The highest BCUT2D eigenvalue weighted by Gasteiger charge is 2.31. The summed E-state index contributed by atoms with van der Waals surface area (Å²) in [6.07, 6.45) is -0.669. The van der Waals surface area contributed by atoms with Crippen LogP contribution in [0, 0.1) is 5.92 Å². The van der Waals surface area contributed by atoms with Crippen molar-refractivity contribution in [1.29, 1.82) is 0 Å². The van der Waals surface area contributed by atoms with Crippen molar-refractivity contribution >= 4 is 29.7 Å². The van der Waals surface area contributed by atoms with Gasteiger partial charge in [-0.25, -0.2) is 4.79 Å². The largest absolute Gasteiger partial charge is 0.508 e. The Kier molecular flexibility index (Phi) is 12.8. The number of phenolic OH excluding ortho intramolecular Hbond substituents is 2. The molecular formula is C29H38N4O9. The highest BCUT2D eigenvalue weighted by Crippen LogP contribution is 2.14. The summed E-state index contributed by atoms with van der Waals surface area (Å²) in [7, 11) is 0. The summed E-state index contributed by atoms with van der Waals surface area (Å²) >= 11 is 0. The standard InChI is InChI=1S/C29H38N4O9/c1-16(2)13-21(30)26(38)32-23(14-17-3-7-19(34)8-4-17)28(40)33-24(15-18-5-9-20(35)10-6-18)27(39)31-22(29(41)42)11-12-25(36)37/h3-10,16,21-24,34-35H,11-15,30H2,1-2H3,(H,31,39)(H,32,38)(H,33,40)(H,36,37)(H,41,42). The van der Waals surface area contributed by atoms with Gasteiger partial charge in [0.1, 0.15) is 29.6 Å². The molecule has 0 spiro atoms. The Bertz CT molecular complexity index is 1230. The molecule has 0 bridgehead atoms. The molecule has 0 aromatic heterocycles. The smallest absolute Gasteiger partial charge is 0.326 e. The Morgan fingerprint density at radius 2 is 1.10 bits per heavy atom. The summed E-state index contributed by atoms with van der Waals surface area (Å²) in [5.74, 6) is -4.84. The Morgan fingerprint density at radius 3 is 1.48 bits per heavy atom. The van der Waals surface area contributed by atoms with Gasteiger partial charge in [-0.15, -0.1) is 0 Å². The number of aromatic hydroxyl groups is 2. The van der Waals surface area contributed by atoms with Crippen LogP contribution in [0.25, 0.3) is 0 Å². The number of carboxylic acids is 2. The van der Waals surface area contributed by atoms with Gasteiger partial charge < -0.3 is 42.1 Å². The number of nitrogens with one attached hydrogen (secondary N) is 3. The first-order valence-corrected chi connectivity index (χ1v) is 13.4. The summed E-state index contributed by atoms with van der Waals surface area (Å²) in [6.45, 7) is 3.78. The summed E-state index contributed by atoms with van der Waals surface area (Å²) in [4.78, 5) is 62.3. The van der Waals surface area contributed by atoms with Crippen LogP contribution in [-0.4, -0.2) is 74.3 Å². The molecule has 0 aliphatic carbocycles. The molecule has 0 saturated carbocycles. The zero-order chi connectivity index (χ0) is 31.4. The van der Waals surface area contributed by atoms with Crippen LogP contribution in [-0.2, 0) is 36.8 Å². The van der Waals surface area contributed by atoms with Crippen molar-refractivity contribution in [3.05, 3.63) is 59.7 Å². The Labute approximate surface area is 243 Å². The lowest BCUT2D eigenvalue weighted by molar-refractivity contribution is -0.143. The Morgan fingerprint density at radius 1 is 0.690 bits per heavy atom. The van der Waals surface area contributed by atoms with E-state index in [-0.39, 0.29) is 36.7 Å². The van der Waals surface area contributed by atoms with Gasteiger partial charge in [-0.1, -0.05) is 38.1 Å². The number of amides is 3. The van der Waals surface area contributed by atoms with E-state index in [1.54, 1.807) is 12.1 Å². The highest BCUT2D eigenvalue weighted by atomic mass is 16.4. The minimum absolute atomic E-state index is 0.00394. The number of nitrogens with two attached hydrogens (primary N) is 1. The average Bonchev–Trinajstić information content (AvgIpc) is 2.91. The number of hydrogen-bond donors (Lipinski definition) is 8. The average molecular weight is 587 g/mol. The topological polar surface area (TPSA) is 228 Å². The monoisotopic (exact) mass is 586 g/mol. The van der Waals surface area contributed by atoms with Gasteiger partial charge in [0.2, 0.25) is 17.7 Å². The van der Waals surface area contributed by atoms with Gasteiger partial charge in [0, 0.05) is 19.3 Å². The van der Waals surface area contributed by atoms with Crippen LogP contribution in [0.4, 0.5) is 0 Å². The maximum absolute atomic E-state index is 13.6. The molecular weight excluding hydrogens is 548 g/mol. The highest BCUT2D eigenvalue weighted by molar-refractivity contribution is 5.94. The van der Waals surface area contributed by atoms with Crippen molar-refractivity contribution in [2.75, 3.05) is 0 Å². The first-order chi connectivity index (χ1) is 19.7. The first kappa shape index (κ1) is 33.6. The quantitative estimate of drug-likeness (QED) is 0.137. The lowest BCUT2D eigenvalue weighted by Crippen LogP contribution is -2.58. The van der Waals surface area contributed by atoms with E-state index >= 15 is 0 Å². The Balaban J connectivity index is 2.34. The lowest BCUT2D eigenvalue weighted by Gasteiger charge is -2.26. The third-order valence-corrected chi connectivity index (χ3v) is 6.34. The van der Waals surface area contributed by atoms with E-state index in [1.165, 1.54) is 36.4 Å². The molecule has 42 heavy (non-hydrogen) atoms. The van der Waals surface area contributed by atoms with E-state index in [2.05, 4.69) is 16.0 Å². The summed E-state index contributed by atoms with van der Waals surface area (Å²) in [5.41, 5.74) is 7.12. The van der Waals surface area contributed by atoms with Gasteiger partial charge in [0.15, 0.2) is 0 Å². The predicted molar refractivity (Wildman–Crippen MR) is 151 cm³/mol. The number of benzene rings is 2. The van der Waals surface area contributed by atoms with Crippen LogP contribution in [0.1, 0.15) is 44.2 Å². The van der Waals surface area contributed by atoms with Gasteiger partial charge in [-0.05, 0) is 54.2 Å². The van der Waals surface area contributed by atoms with Gasteiger partial charge in [0.25, 0.3) is 0 Å². The fourth-order valence-electron chi connectivity index (χ4n) is 4.12. The van der Waals surface area contributed by atoms with Crippen LogP contribution in [0.3, 0.4) is 0 Å². The maximum atomic E-state index is 13.6. The zero-order valence-electron chi connectivity index (χ0n) is 23.4. The number of hydrogen-bond acceptors (Lipinski definition) is 8. The molecule has 2 aromatic rings. The number of aliphatic carboxylic acids is 2. The minimum Gasteiger partial charge on any atom is -0.508 e. The summed E-state index contributed by atoms with van der Waals surface area (Å²) in [6, 6.07) is 6.79. The fourth-order valence-corrected chi connectivity index (χ4v) is 4.12. The number of carbonyl (C=O) groups excluding carboxylic acids is 3. The summed E-state index contributed by atoms with van der Waals surface area (Å²) < 4.78 is 0. The molecule has 2 rings (SSSR count). The third kappa shape index (κ3) is 11.5. The second-order valence-electron chi connectivity index (χ2n) is 10.4. The van der Waals surface area contributed by atoms with Gasteiger partial charge in [-0.2, -0.15) is 0 Å². The number of phenols is 2. The van der Waals surface area contributed by atoms with Gasteiger partial charge in [-0.3, -0.25) is 19.2 Å². The van der Waals surface area contributed by atoms with Crippen molar-refractivity contribution in [2.45, 2.75) is 70.1 Å². The molecule has 4 unspecified atom stereocenters. The van der Waals surface area contributed by atoms with Crippen molar-refractivity contribution in [2.24, 2.45) is 11.7 Å². The molecule has 0 aliphatic heterocycles. The van der Waals surface area contributed by atoms with Crippen LogP contribution in [0.15, 0.2) is 48.5 Å². The number of carboxylic acid groups (broad SMARTS) is 2. The summed E-state index contributed by atoms with van der Waals surface area (Å²) in [5, 5.41) is 45.2. The molecule has 0 radical (unpaired) electrons. The molecule has 13 nitrogen and oxygen atoms in total. The number of rotatable bonds is 16. The van der Waals surface area contributed by atoms with Gasteiger partial charge >= 0.3 is 11.9 Å². The van der Waals surface area contributed by atoms with E-state index < -0.39 is 60.2 Å². The van der Waals surface area contributed by atoms with Crippen molar-refractivity contribution in [1.82, 2.24) is 16.0 Å². The van der Waals surface area contributed by atoms with Crippen molar-refractivity contribution < 1.29 is 44.4 Å².